The van der Waals surface area contributed by atoms with Crippen molar-refractivity contribution in [1.29, 1.82) is 5.26 Å². The highest BCUT2D eigenvalue weighted by Gasteiger charge is 2.25. The van der Waals surface area contributed by atoms with Gasteiger partial charge in [0.15, 0.2) is 17.3 Å². The van der Waals surface area contributed by atoms with Crippen molar-refractivity contribution in [2.24, 2.45) is 5.41 Å². The summed E-state index contributed by atoms with van der Waals surface area (Å²) >= 11 is 3.48. The number of rotatable bonds is 6. The van der Waals surface area contributed by atoms with Crippen LogP contribution in [-0.2, 0) is 4.79 Å². The Balaban J connectivity index is 3.38. The van der Waals surface area contributed by atoms with Crippen LogP contribution < -0.4 is 9.47 Å². The Morgan fingerprint density at radius 1 is 1.33 bits per heavy atom. The zero-order valence-electron chi connectivity index (χ0n) is 15.1. The minimum Gasteiger partial charge on any atom is -0.490 e. The third-order valence-electron chi connectivity index (χ3n) is 3.07. The molecule has 0 amide bonds. The fourth-order valence-electron chi connectivity index (χ4n) is 1.98. The van der Waals surface area contributed by atoms with E-state index in [9.17, 15) is 10.1 Å². The Morgan fingerprint density at radius 3 is 2.42 bits per heavy atom. The van der Waals surface area contributed by atoms with E-state index in [4.69, 9.17) is 9.47 Å². The van der Waals surface area contributed by atoms with Crippen molar-refractivity contribution >= 4 is 27.8 Å². The van der Waals surface area contributed by atoms with Gasteiger partial charge in [0.25, 0.3) is 0 Å². The number of allylic oxidation sites excluding steroid dienone is 1. The van der Waals surface area contributed by atoms with Crippen LogP contribution in [-0.4, -0.2) is 18.5 Å². The van der Waals surface area contributed by atoms with Crippen LogP contribution in [0.25, 0.3) is 6.08 Å². The highest BCUT2D eigenvalue weighted by molar-refractivity contribution is 9.10. The smallest absolute Gasteiger partial charge is 0.178 e. The minimum atomic E-state index is -0.614. The molecular weight excluding hydrogens is 370 g/mol. The number of nitrogens with zero attached hydrogens (tertiary/aromatic N) is 1. The number of ether oxygens (including phenoxy) is 2. The van der Waals surface area contributed by atoms with Gasteiger partial charge in [-0.3, -0.25) is 4.79 Å². The first-order chi connectivity index (χ1) is 11.1. The van der Waals surface area contributed by atoms with Gasteiger partial charge in [0, 0.05) is 9.89 Å². The highest BCUT2D eigenvalue weighted by Crippen LogP contribution is 2.36. The van der Waals surface area contributed by atoms with Crippen molar-refractivity contribution in [3.8, 4) is 17.6 Å². The summed E-state index contributed by atoms with van der Waals surface area (Å²) < 4.78 is 12.1. The first-order valence-corrected chi connectivity index (χ1v) is 8.69. The summed E-state index contributed by atoms with van der Waals surface area (Å²) in [7, 11) is 0. The molecule has 1 aromatic carbocycles. The third-order valence-corrected chi connectivity index (χ3v) is 3.76. The first kappa shape index (κ1) is 20.2. The first-order valence-electron chi connectivity index (χ1n) is 7.89. The molecule has 0 aromatic heterocycles. The molecule has 0 bridgehead atoms. The van der Waals surface area contributed by atoms with Gasteiger partial charge in [0.2, 0.25) is 0 Å². The predicted molar refractivity (Wildman–Crippen MR) is 99.1 cm³/mol. The number of hydrogen-bond acceptors (Lipinski definition) is 4. The normalized spacial score (nSPS) is 12.0. The molecule has 0 fully saturated rings. The quantitative estimate of drug-likeness (QED) is 0.494. The number of halogens is 1. The van der Waals surface area contributed by atoms with Gasteiger partial charge in [-0.2, -0.15) is 5.26 Å². The molecule has 0 radical (unpaired) electrons. The van der Waals surface area contributed by atoms with Crippen LogP contribution in [0.2, 0.25) is 0 Å². The Labute approximate surface area is 152 Å². The van der Waals surface area contributed by atoms with E-state index >= 15 is 0 Å². The van der Waals surface area contributed by atoms with Crippen molar-refractivity contribution in [3.63, 3.8) is 0 Å². The standard InChI is InChI=1S/C19H24BrNO3/c1-7-23-16-9-13(15(20)10-17(16)24-12(2)3)8-14(11-21)18(22)19(4,5)6/h8-10,12H,7H2,1-6H3/b14-8+. The van der Waals surface area contributed by atoms with Gasteiger partial charge in [-0.25, -0.2) is 0 Å². The van der Waals surface area contributed by atoms with E-state index in [0.717, 1.165) is 4.47 Å². The molecule has 0 N–H and O–H groups in total. The van der Waals surface area contributed by atoms with Gasteiger partial charge in [0.1, 0.15) is 6.07 Å². The molecule has 0 unspecified atom stereocenters. The van der Waals surface area contributed by atoms with Gasteiger partial charge < -0.3 is 9.47 Å². The fourth-order valence-corrected chi connectivity index (χ4v) is 2.42. The number of nitriles is 1. The number of Topliss-reactive ketones (excluding diaryl/α,β-unsaturated/α-hetero) is 1. The van der Waals surface area contributed by atoms with E-state index in [1.54, 1.807) is 39.0 Å². The van der Waals surface area contributed by atoms with Crippen LogP contribution in [0.3, 0.4) is 0 Å². The van der Waals surface area contributed by atoms with Crippen molar-refractivity contribution in [1.82, 2.24) is 0 Å². The van der Waals surface area contributed by atoms with E-state index in [1.807, 2.05) is 26.8 Å². The Morgan fingerprint density at radius 2 is 1.96 bits per heavy atom. The summed E-state index contributed by atoms with van der Waals surface area (Å²) in [5.41, 5.74) is 0.198. The van der Waals surface area contributed by atoms with Gasteiger partial charge in [0.05, 0.1) is 18.3 Å². The highest BCUT2D eigenvalue weighted by atomic mass is 79.9. The molecule has 0 saturated heterocycles. The number of carbonyl (C=O) groups is 1. The number of hydrogen-bond donors (Lipinski definition) is 0. The maximum atomic E-state index is 12.4. The molecule has 0 heterocycles. The summed E-state index contributed by atoms with van der Waals surface area (Å²) in [6, 6.07) is 5.58. The van der Waals surface area contributed by atoms with Gasteiger partial charge >= 0.3 is 0 Å². The molecule has 24 heavy (non-hydrogen) atoms. The van der Waals surface area contributed by atoms with Crippen LogP contribution >= 0.6 is 15.9 Å². The predicted octanol–water partition coefficient (Wildman–Crippen LogP) is 5.16. The van der Waals surface area contributed by atoms with Gasteiger partial charge in [-0.1, -0.05) is 36.7 Å². The lowest BCUT2D eigenvalue weighted by Crippen LogP contribution is -2.21. The van der Waals surface area contributed by atoms with Crippen molar-refractivity contribution in [2.45, 2.75) is 47.6 Å². The lowest BCUT2D eigenvalue weighted by Gasteiger charge is -2.17. The number of carbonyl (C=O) groups excluding carboxylic acids is 1. The maximum Gasteiger partial charge on any atom is 0.178 e. The summed E-state index contributed by atoms with van der Waals surface area (Å²) in [4.78, 5) is 12.4. The molecule has 5 heteroatoms. The molecule has 0 aliphatic rings. The molecule has 0 atom stereocenters. The van der Waals surface area contributed by atoms with E-state index in [1.165, 1.54) is 0 Å². The minimum absolute atomic E-state index is 0.00892. The lowest BCUT2D eigenvalue weighted by molar-refractivity contribution is -0.121. The van der Waals surface area contributed by atoms with Crippen LogP contribution in [0.1, 0.15) is 47.1 Å². The van der Waals surface area contributed by atoms with E-state index in [0.29, 0.717) is 23.7 Å². The number of ketones is 1. The molecule has 0 saturated carbocycles. The van der Waals surface area contributed by atoms with Gasteiger partial charge in [-0.15, -0.1) is 0 Å². The van der Waals surface area contributed by atoms with Crippen molar-refractivity contribution < 1.29 is 14.3 Å². The number of benzene rings is 1. The van der Waals surface area contributed by atoms with E-state index in [-0.39, 0.29) is 17.5 Å². The second-order valence-electron chi connectivity index (χ2n) is 6.67. The van der Waals surface area contributed by atoms with Crippen molar-refractivity contribution in [3.05, 3.63) is 27.7 Å². The zero-order chi connectivity index (χ0) is 18.5. The Kier molecular flexibility index (Phi) is 7.04. The van der Waals surface area contributed by atoms with Crippen molar-refractivity contribution in [2.75, 3.05) is 6.61 Å². The van der Waals surface area contributed by atoms with E-state index < -0.39 is 5.41 Å². The topological polar surface area (TPSA) is 59.3 Å². The molecule has 0 spiro atoms. The molecule has 1 aromatic rings. The SMILES string of the molecule is CCOc1cc(/C=C(\C#N)C(=O)C(C)(C)C)c(Br)cc1OC(C)C. The average molecular weight is 394 g/mol. The van der Waals surface area contributed by atoms with Crippen LogP contribution in [0, 0.1) is 16.7 Å². The summed E-state index contributed by atoms with van der Waals surface area (Å²) in [5, 5.41) is 9.35. The van der Waals surface area contributed by atoms with Gasteiger partial charge in [-0.05, 0) is 44.5 Å². The van der Waals surface area contributed by atoms with Crippen LogP contribution in [0.4, 0.5) is 0 Å². The fraction of sp³-hybridized carbons (Fsp3) is 0.474. The summed E-state index contributed by atoms with van der Waals surface area (Å²) in [5.74, 6) is 1.01. The molecule has 0 aliphatic carbocycles. The summed E-state index contributed by atoms with van der Waals surface area (Å²) in [6.45, 7) is 11.6. The second-order valence-corrected chi connectivity index (χ2v) is 7.52. The molecule has 130 valence electrons. The Hall–Kier alpha value is -1.80. The van der Waals surface area contributed by atoms with E-state index in [2.05, 4.69) is 15.9 Å². The van der Waals surface area contributed by atoms with Crippen LogP contribution in [0.15, 0.2) is 22.2 Å². The monoisotopic (exact) mass is 393 g/mol. The summed E-state index contributed by atoms with van der Waals surface area (Å²) in [6.07, 6.45) is 1.59. The largest absolute Gasteiger partial charge is 0.490 e. The average Bonchev–Trinajstić information content (AvgIpc) is 2.46. The lowest BCUT2D eigenvalue weighted by atomic mass is 9.86. The molecular formula is C19H24BrNO3. The second kappa shape index (κ2) is 8.34. The molecule has 0 aliphatic heterocycles. The molecule has 1 rings (SSSR count). The third kappa shape index (κ3) is 5.38. The van der Waals surface area contributed by atoms with Crippen LogP contribution in [0.5, 0.6) is 11.5 Å². The molecule has 4 nitrogen and oxygen atoms in total. The zero-order valence-corrected chi connectivity index (χ0v) is 16.7. The maximum absolute atomic E-state index is 12.4. The Bertz CT molecular complexity index is 679.